The molecule has 6 nitrogen and oxygen atoms in total. The summed E-state index contributed by atoms with van der Waals surface area (Å²) in [5.41, 5.74) is 0.197. The van der Waals surface area contributed by atoms with E-state index in [9.17, 15) is 22.4 Å². The second-order valence-electron chi connectivity index (χ2n) is 5.84. The number of thiophene rings is 1. The summed E-state index contributed by atoms with van der Waals surface area (Å²) in [6.07, 6.45) is 0. The fourth-order valence-corrected chi connectivity index (χ4v) is 6.15. The second kappa shape index (κ2) is 6.98. The number of nitrogens with zero attached hydrogens (tertiary/aromatic N) is 1. The molecule has 1 fully saturated rings. The molecule has 2 aromatic rings. The maximum absolute atomic E-state index is 13.2. The third-order valence-corrected chi connectivity index (χ3v) is 7.42. The van der Waals surface area contributed by atoms with E-state index >= 15 is 0 Å². The van der Waals surface area contributed by atoms with Crippen LogP contribution < -0.4 is 5.32 Å². The minimum absolute atomic E-state index is 0.181. The standard InChI is InChI=1S/C16H14ClFN2O4S2/c1-9-8-26(23,24)14(13-3-2-6-25-13)15(21)20(9)16(22)19-10-4-5-12(18)11(17)7-10/h2-7,9,14H,8H2,1H3,(H,19,22)/t9-,14-/m1/s1. The second-order valence-corrected chi connectivity index (χ2v) is 9.36. The van der Waals surface area contributed by atoms with Gasteiger partial charge in [0, 0.05) is 10.6 Å². The highest BCUT2D eigenvalue weighted by molar-refractivity contribution is 7.92. The molecule has 26 heavy (non-hydrogen) atoms. The number of hydrogen-bond acceptors (Lipinski definition) is 5. The molecule has 138 valence electrons. The summed E-state index contributed by atoms with van der Waals surface area (Å²) in [4.78, 5) is 26.6. The lowest BCUT2D eigenvalue weighted by molar-refractivity contribution is -0.129. The van der Waals surface area contributed by atoms with E-state index in [0.29, 0.717) is 4.88 Å². The number of imide groups is 1. The molecule has 0 spiro atoms. The lowest BCUT2D eigenvalue weighted by atomic mass is 10.2. The Hall–Kier alpha value is -1.97. The van der Waals surface area contributed by atoms with E-state index in [0.717, 1.165) is 22.3 Å². The molecule has 2 heterocycles. The van der Waals surface area contributed by atoms with Gasteiger partial charge in [-0.15, -0.1) is 11.3 Å². The Morgan fingerprint density at radius 3 is 2.73 bits per heavy atom. The van der Waals surface area contributed by atoms with Gasteiger partial charge in [0.2, 0.25) is 0 Å². The predicted octanol–water partition coefficient (Wildman–Crippen LogP) is 3.46. The van der Waals surface area contributed by atoms with Crippen LogP contribution in [-0.2, 0) is 14.6 Å². The summed E-state index contributed by atoms with van der Waals surface area (Å²) in [6.45, 7) is 1.48. The Bertz CT molecular complexity index is 963. The number of carbonyl (C=O) groups is 2. The van der Waals surface area contributed by atoms with Gasteiger partial charge >= 0.3 is 6.03 Å². The van der Waals surface area contributed by atoms with Crippen molar-refractivity contribution in [2.24, 2.45) is 0 Å². The van der Waals surface area contributed by atoms with Crippen LogP contribution in [0, 0.1) is 5.82 Å². The molecule has 1 aromatic heterocycles. The first-order valence-electron chi connectivity index (χ1n) is 7.55. The molecule has 0 aliphatic carbocycles. The molecule has 0 saturated carbocycles. The average Bonchev–Trinajstić information content (AvgIpc) is 3.03. The van der Waals surface area contributed by atoms with Crippen molar-refractivity contribution >= 4 is 50.4 Å². The Morgan fingerprint density at radius 1 is 1.38 bits per heavy atom. The number of anilines is 1. The topological polar surface area (TPSA) is 83.6 Å². The maximum Gasteiger partial charge on any atom is 0.328 e. The van der Waals surface area contributed by atoms with Crippen LogP contribution >= 0.6 is 22.9 Å². The van der Waals surface area contributed by atoms with Gasteiger partial charge in [-0.05, 0) is 36.6 Å². The highest BCUT2D eigenvalue weighted by Crippen LogP contribution is 2.34. The number of hydrogen-bond donors (Lipinski definition) is 1. The number of rotatable bonds is 2. The van der Waals surface area contributed by atoms with Crippen molar-refractivity contribution in [1.29, 1.82) is 0 Å². The van der Waals surface area contributed by atoms with Gasteiger partial charge in [-0.2, -0.15) is 0 Å². The Morgan fingerprint density at radius 2 is 2.12 bits per heavy atom. The van der Waals surface area contributed by atoms with E-state index in [4.69, 9.17) is 11.6 Å². The molecule has 1 aromatic carbocycles. The van der Waals surface area contributed by atoms with Crippen molar-refractivity contribution in [3.05, 3.63) is 51.4 Å². The van der Waals surface area contributed by atoms with Crippen molar-refractivity contribution in [3.63, 3.8) is 0 Å². The van der Waals surface area contributed by atoms with E-state index in [-0.39, 0.29) is 16.5 Å². The minimum atomic E-state index is -3.73. The minimum Gasteiger partial charge on any atom is -0.307 e. The molecule has 0 radical (unpaired) electrons. The molecule has 0 bridgehead atoms. The van der Waals surface area contributed by atoms with Gasteiger partial charge in [0.25, 0.3) is 5.91 Å². The third kappa shape index (κ3) is 3.46. The fourth-order valence-electron chi connectivity index (χ4n) is 2.80. The Labute approximate surface area is 158 Å². The lowest BCUT2D eigenvalue weighted by Crippen LogP contribution is -2.55. The zero-order chi connectivity index (χ0) is 19.1. The Kier molecular flexibility index (Phi) is 5.05. The van der Waals surface area contributed by atoms with Crippen molar-refractivity contribution in [2.45, 2.75) is 18.2 Å². The average molecular weight is 417 g/mol. The van der Waals surface area contributed by atoms with Crippen molar-refractivity contribution in [2.75, 3.05) is 11.1 Å². The number of benzene rings is 1. The molecule has 2 atom stereocenters. The molecule has 1 N–H and O–H groups in total. The summed E-state index contributed by atoms with van der Waals surface area (Å²) < 4.78 is 38.2. The summed E-state index contributed by atoms with van der Waals surface area (Å²) in [6, 6.07) is 5.16. The third-order valence-electron chi connectivity index (χ3n) is 3.93. The highest BCUT2D eigenvalue weighted by atomic mass is 35.5. The fraction of sp³-hybridized carbons (Fsp3) is 0.250. The van der Waals surface area contributed by atoms with Gasteiger partial charge < -0.3 is 5.32 Å². The summed E-state index contributed by atoms with van der Waals surface area (Å²) >= 11 is 6.82. The van der Waals surface area contributed by atoms with Crippen molar-refractivity contribution in [1.82, 2.24) is 4.90 Å². The van der Waals surface area contributed by atoms with E-state index in [1.165, 1.54) is 19.1 Å². The predicted molar refractivity (Wildman–Crippen MR) is 97.6 cm³/mol. The van der Waals surface area contributed by atoms with Crippen LogP contribution in [0.5, 0.6) is 0 Å². The SMILES string of the molecule is C[C@@H]1CS(=O)(=O)[C@H](c2cccs2)C(=O)N1C(=O)Nc1ccc(F)c(Cl)c1. The van der Waals surface area contributed by atoms with Crippen LogP contribution in [0.2, 0.25) is 5.02 Å². The quantitative estimate of drug-likeness (QED) is 0.812. The molecular formula is C16H14ClFN2O4S2. The normalized spacial score (nSPS) is 22.3. The maximum atomic E-state index is 13.2. The lowest BCUT2D eigenvalue weighted by Gasteiger charge is -2.35. The molecule has 10 heteroatoms. The van der Waals surface area contributed by atoms with E-state index in [1.807, 2.05) is 0 Å². The van der Waals surface area contributed by atoms with Crippen LogP contribution in [0.1, 0.15) is 17.1 Å². The first-order valence-corrected chi connectivity index (χ1v) is 10.5. The van der Waals surface area contributed by atoms with Crippen LogP contribution in [0.25, 0.3) is 0 Å². The van der Waals surface area contributed by atoms with E-state index < -0.39 is 38.9 Å². The van der Waals surface area contributed by atoms with Gasteiger partial charge in [-0.1, -0.05) is 17.7 Å². The van der Waals surface area contributed by atoms with Gasteiger partial charge in [0.1, 0.15) is 5.82 Å². The van der Waals surface area contributed by atoms with Crippen LogP contribution in [0.15, 0.2) is 35.7 Å². The summed E-state index contributed by atoms with van der Waals surface area (Å²) in [5.74, 6) is -1.79. The smallest absolute Gasteiger partial charge is 0.307 e. The van der Waals surface area contributed by atoms with Crippen molar-refractivity contribution < 1.29 is 22.4 Å². The summed E-state index contributed by atoms with van der Waals surface area (Å²) in [7, 11) is -3.73. The van der Waals surface area contributed by atoms with Gasteiger partial charge in [-0.25, -0.2) is 17.6 Å². The zero-order valence-electron chi connectivity index (χ0n) is 13.5. The first-order chi connectivity index (χ1) is 12.2. The molecule has 1 aliphatic rings. The number of carbonyl (C=O) groups excluding carboxylic acids is 2. The number of halogens is 2. The van der Waals surface area contributed by atoms with Gasteiger partial charge in [-0.3, -0.25) is 9.69 Å². The summed E-state index contributed by atoms with van der Waals surface area (Å²) in [5, 5.41) is 2.54. The van der Waals surface area contributed by atoms with Crippen LogP contribution in [0.3, 0.4) is 0 Å². The zero-order valence-corrected chi connectivity index (χ0v) is 15.9. The van der Waals surface area contributed by atoms with Gasteiger partial charge in [0.05, 0.1) is 16.8 Å². The molecular weight excluding hydrogens is 403 g/mol. The largest absolute Gasteiger partial charge is 0.328 e. The van der Waals surface area contributed by atoms with Crippen molar-refractivity contribution in [3.8, 4) is 0 Å². The monoisotopic (exact) mass is 416 g/mol. The Balaban J connectivity index is 1.89. The van der Waals surface area contributed by atoms with E-state index in [2.05, 4.69) is 5.32 Å². The van der Waals surface area contributed by atoms with E-state index in [1.54, 1.807) is 17.5 Å². The number of urea groups is 1. The number of sulfone groups is 1. The molecule has 0 unspecified atom stereocenters. The molecule has 3 amide bonds. The number of amides is 3. The molecule has 1 saturated heterocycles. The molecule has 3 rings (SSSR count). The number of nitrogens with one attached hydrogen (secondary N) is 1. The van der Waals surface area contributed by atoms with Crippen LogP contribution in [0.4, 0.5) is 14.9 Å². The first kappa shape index (κ1) is 18.8. The highest BCUT2D eigenvalue weighted by Gasteiger charge is 2.47. The van der Waals surface area contributed by atoms with Gasteiger partial charge in [0.15, 0.2) is 15.1 Å². The van der Waals surface area contributed by atoms with Crippen LogP contribution in [-0.4, -0.2) is 37.1 Å². The molecule has 1 aliphatic heterocycles.